The summed E-state index contributed by atoms with van der Waals surface area (Å²) in [7, 11) is 5.77. The van der Waals surface area contributed by atoms with Gasteiger partial charge in [-0.1, -0.05) is 6.07 Å². The van der Waals surface area contributed by atoms with E-state index in [9.17, 15) is 9.59 Å². The van der Waals surface area contributed by atoms with Gasteiger partial charge in [0.25, 0.3) is 5.91 Å². The van der Waals surface area contributed by atoms with E-state index in [4.69, 9.17) is 18.9 Å². The molecule has 0 aliphatic rings. The first-order valence-corrected chi connectivity index (χ1v) is 8.59. The average molecular weight is 388 g/mol. The van der Waals surface area contributed by atoms with E-state index < -0.39 is 5.97 Å². The molecule has 150 valence electrons. The number of benzene rings is 1. The average Bonchev–Trinajstić information content (AvgIpc) is 2.75. The van der Waals surface area contributed by atoms with Gasteiger partial charge in [0, 0.05) is 31.0 Å². The summed E-state index contributed by atoms with van der Waals surface area (Å²) < 4.78 is 20.6. The van der Waals surface area contributed by atoms with Crippen LogP contribution in [0.5, 0.6) is 17.2 Å². The Bertz CT molecular complexity index is 785. The third-order valence-electron chi connectivity index (χ3n) is 4.11. The smallest absolute Gasteiger partial charge is 0.307 e. The lowest BCUT2D eigenvalue weighted by molar-refractivity contribution is -0.140. The maximum atomic E-state index is 13.2. The summed E-state index contributed by atoms with van der Waals surface area (Å²) in [6, 6.07) is 6.81. The van der Waals surface area contributed by atoms with Gasteiger partial charge < -0.3 is 23.8 Å². The van der Waals surface area contributed by atoms with Crippen LogP contribution in [0.15, 0.2) is 36.7 Å². The molecule has 0 atom stereocenters. The fourth-order valence-electron chi connectivity index (χ4n) is 2.68. The van der Waals surface area contributed by atoms with Crippen LogP contribution < -0.4 is 14.2 Å². The minimum Gasteiger partial charge on any atom is -0.493 e. The minimum atomic E-state index is -0.395. The van der Waals surface area contributed by atoms with Crippen molar-refractivity contribution in [3.05, 3.63) is 47.8 Å². The van der Waals surface area contributed by atoms with Gasteiger partial charge in [-0.15, -0.1) is 0 Å². The number of esters is 1. The van der Waals surface area contributed by atoms with Gasteiger partial charge in [0.05, 0.1) is 34.9 Å². The zero-order valence-corrected chi connectivity index (χ0v) is 16.4. The molecule has 1 aromatic carbocycles. The van der Waals surface area contributed by atoms with E-state index in [-0.39, 0.29) is 18.9 Å². The predicted octanol–water partition coefficient (Wildman–Crippen LogP) is 2.31. The molecule has 0 radical (unpaired) electrons. The summed E-state index contributed by atoms with van der Waals surface area (Å²) in [5.74, 6) is 0.467. The highest BCUT2D eigenvalue weighted by atomic mass is 16.5. The van der Waals surface area contributed by atoms with E-state index in [2.05, 4.69) is 4.98 Å². The van der Waals surface area contributed by atoms with Crippen molar-refractivity contribution in [3.63, 3.8) is 0 Å². The molecule has 2 rings (SSSR count). The Morgan fingerprint density at radius 1 is 1.04 bits per heavy atom. The number of pyridine rings is 1. The number of hydrogen-bond donors (Lipinski definition) is 0. The van der Waals surface area contributed by atoms with Crippen LogP contribution in [-0.4, -0.2) is 56.7 Å². The molecule has 0 unspecified atom stereocenters. The van der Waals surface area contributed by atoms with Crippen molar-refractivity contribution in [2.75, 3.05) is 35.0 Å². The molecular weight excluding hydrogens is 364 g/mol. The van der Waals surface area contributed by atoms with Crippen molar-refractivity contribution in [3.8, 4) is 17.2 Å². The van der Waals surface area contributed by atoms with Gasteiger partial charge in [-0.25, -0.2) is 0 Å². The predicted molar refractivity (Wildman–Crippen MR) is 102 cm³/mol. The zero-order chi connectivity index (χ0) is 20.5. The molecule has 1 heterocycles. The Labute approximate surface area is 164 Å². The monoisotopic (exact) mass is 388 g/mol. The van der Waals surface area contributed by atoms with Gasteiger partial charge in [-0.3, -0.25) is 14.6 Å². The summed E-state index contributed by atoms with van der Waals surface area (Å²) in [5, 5.41) is 0. The van der Waals surface area contributed by atoms with E-state index in [0.717, 1.165) is 5.56 Å². The third kappa shape index (κ3) is 5.12. The molecule has 0 saturated carbocycles. The third-order valence-corrected chi connectivity index (χ3v) is 4.11. The lowest BCUT2D eigenvalue weighted by atomic mass is 10.1. The molecule has 0 aliphatic heterocycles. The second kappa shape index (κ2) is 10.1. The Morgan fingerprint density at radius 2 is 1.71 bits per heavy atom. The lowest BCUT2D eigenvalue weighted by Gasteiger charge is -2.23. The fourth-order valence-corrected chi connectivity index (χ4v) is 2.68. The standard InChI is InChI=1S/C20H24N2O6/c1-25-16-10-15(11-17(26-2)19(16)28-4)20(24)22(9-7-18(23)27-3)13-14-6-5-8-21-12-14/h5-6,8,10-12H,7,9,13H2,1-4H3. The molecular formula is C20H24N2O6. The van der Waals surface area contributed by atoms with Crippen LogP contribution in [0.2, 0.25) is 0 Å². The highest BCUT2D eigenvalue weighted by Crippen LogP contribution is 2.38. The van der Waals surface area contributed by atoms with Gasteiger partial charge in [-0.2, -0.15) is 0 Å². The molecule has 2 aromatic rings. The first kappa shape index (κ1) is 21.0. The largest absolute Gasteiger partial charge is 0.493 e. The van der Waals surface area contributed by atoms with Gasteiger partial charge in [0.1, 0.15) is 0 Å². The maximum Gasteiger partial charge on any atom is 0.307 e. The van der Waals surface area contributed by atoms with Crippen LogP contribution in [0.3, 0.4) is 0 Å². The van der Waals surface area contributed by atoms with E-state index in [1.165, 1.54) is 28.4 Å². The van der Waals surface area contributed by atoms with Crippen molar-refractivity contribution in [2.45, 2.75) is 13.0 Å². The summed E-state index contributed by atoms with van der Waals surface area (Å²) in [6.07, 6.45) is 3.41. The molecule has 28 heavy (non-hydrogen) atoms. The summed E-state index contributed by atoms with van der Waals surface area (Å²) in [5.41, 5.74) is 1.19. The Hall–Kier alpha value is -3.29. The Kier molecular flexibility index (Phi) is 7.62. The van der Waals surface area contributed by atoms with Crippen LogP contribution in [0, 0.1) is 0 Å². The molecule has 0 spiro atoms. The molecule has 8 nitrogen and oxygen atoms in total. The summed E-state index contributed by atoms with van der Waals surface area (Å²) in [4.78, 5) is 30.4. The van der Waals surface area contributed by atoms with Crippen LogP contribution in [0.1, 0.15) is 22.3 Å². The molecule has 0 aliphatic carbocycles. The number of amides is 1. The molecule has 1 amide bonds. The molecule has 0 fully saturated rings. The van der Waals surface area contributed by atoms with E-state index in [0.29, 0.717) is 29.4 Å². The van der Waals surface area contributed by atoms with E-state index in [1.54, 1.807) is 35.5 Å². The Balaban J connectivity index is 2.35. The number of aromatic nitrogens is 1. The second-order valence-corrected chi connectivity index (χ2v) is 5.83. The topological polar surface area (TPSA) is 87.2 Å². The first-order valence-electron chi connectivity index (χ1n) is 8.59. The summed E-state index contributed by atoms with van der Waals surface area (Å²) >= 11 is 0. The highest BCUT2D eigenvalue weighted by molar-refractivity contribution is 5.95. The lowest BCUT2D eigenvalue weighted by Crippen LogP contribution is -2.33. The maximum absolute atomic E-state index is 13.2. The van der Waals surface area contributed by atoms with Crippen LogP contribution in [0.25, 0.3) is 0 Å². The number of nitrogens with zero attached hydrogens (tertiary/aromatic N) is 2. The number of carbonyl (C=O) groups excluding carboxylic acids is 2. The molecule has 0 saturated heterocycles. The SMILES string of the molecule is COC(=O)CCN(Cc1cccnc1)C(=O)c1cc(OC)c(OC)c(OC)c1. The van der Waals surface area contributed by atoms with Crippen LogP contribution in [0.4, 0.5) is 0 Å². The van der Waals surface area contributed by atoms with Crippen LogP contribution in [-0.2, 0) is 16.1 Å². The highest BCUT2D eigenvalue weighted by Gasteiger charge is 2.22. The van der Waals surface area contributed by atoms with Crippen molar-refractivity contribution < 1.29 is 28.5 Å². The number of methoxy groups -OCH3 is 4. The van der Waals surface area contributed by atoms with Crippen molar-refractivity contribution in [2.24, 2.45) is 0 Å². The number of rotatable bonds is 9. The van der Waals surface area contributed by atoms with Gasteiger partial charge in [-0.05, 0) is 23.8 Å². The minimum absolute atomic E-state index is 0.0763. The van der Waals surface area contributed by atoms with Gasteiger partial charge in [0.2, 0.25) is 5.75 Å². The molecule has 8 heteroatoms. The first-order chi connectivity index (χ1) is 13.5. The van der Waals surface area contributed by atoms with E-state index >= 15 is 0 Å². The van der Waals surface area contributed by atoms with Crippen molar-refractivity contribution >= 4 is 11.9 Å². The van der Waals surface area contributed by atoms with Gasteiger partial charge >= 0.3 is 5.97 Å². The zero-order valence-electron chi connectivity index (χ0n) is 16.4. The number of ether oxygens (including phenoxy) is 4. The van der Waals surface area contributed by atoms with Crippen molar-refractivity contribution in [1.29, 1.82) is 0 Å². The van der Waals surface area contributed by atoms with E-state index in [1.807, 2.05) is 6.07 Å². The second-order valence-electron chi connectivity index (χ2n) is 5.83. The molecule has 1 aromatic heterocycles. The number of carbonyl (C=O) groups is 2. The summed E-state index contributed by atoms with van der Waals surface area (Å²) in [6.45, 7) is 0.484. The number of hydrogen-bond acceptors (Lipinski definition) is 7. The van der Waals surface area contributed by atoms with Gasteiger partial charge in [0.15, 0.2) is 11.5 Å². The quantitative estimate of drug-likeness (QED) is 0.609. The van der Waals surface area contributed by atoms with Crippen molar-refractivity contribution in [1.82, 2.24) is 9.88 Å². The fraction of sp³-hybridized carbons (Fsp3) is 0.350. The normalized spacial score (nSPS) is 10.1. The Morgan fingerprint density at radius 3 is 2.21 bits per heavy atom. The van der Waals surface area contributed by atoms with Crippen LogP contribution >= 0.6 is 0 Å². The molecule has 0 N–H and O–H groups in total. The molecule has 0 bridgehead atoms.